The number of carbonyl (C=O) groups is 1. The third-order valence-corrected chi connectivity index (χ3v) is 4.05. The molecule has 1 saturated carbocycles. The Balaban J connectivity index is 1.74. The Morgan fingerprint density at radius 1 is 1.24 bits per heavy atom. The lowest BCUT2D eigenvalue weighted by Gasteiger charge is -2.27. The molecule has 1 aliphatic carbocycles. The highest BCUT2D eigenvalue weighted by Gasteiger charge is 2.28. The maximum absolute atomic E-state index is 11.3. The van der Waals surface area contributed by atoms with Gasteiger partial charge >= 0.3 is 0 Å². The Morgan fingerprint density at radius 3 is 2.94 bits per heavy atom. The van der Waals surface area contributed by atoms with E-state index in [1.807, 2.05) is 6.07 Å². The summed E-state index contributed by atoms with van der Waals surface area (Å²) in [6.07, 6.45) is 4.96. The number of Topliss-reactive ketones (excluding diaryl/α,β-unsaturated/α-hetero) is 1. The van der Waals surface area contributed by atoms with Crippen molar-refractivity contribution in [1.82, 2.24) is 0 Å². The summed E-state index contributed by atoms with van der Waals surface area (Å²) in [4.78, 5) is 11.3. The summed E-state index contributed by atoms with van der Waals surface area (Å²) in [5, 5.41) is 0. The van der Waals surface area contributed by atoms with Crippen molar-refractivity contribution in [1.29, 1.82) is 0 Å². The second-order valence-corrected chi connectivity index (χ2v) is 5.26. The molecule has 0 radical (unpaired) electrons. The lowest BCUT2D eigenvalue weighted by molar-refractivity contribution is -0.117. The summed E-state index contributed by atoms with van der Waals surface area (Å²) in [5.74, 6) is 2.71. The molecule has 1 aromatic rings. The highest BCUT2D eigenvalue weighted by Crippen LogP contribution is 2.40. The second-order valence-electron chi connectivity index (χ2n) is 5.26. The fourth-order valence-corrected chi connectivity index (χ4v) is 3.16. The number of benzene rings is 1. The maximum atomic E-state index is 11.3. The molecule has 1 fully saturated rings. The fourth-order valence-electron chi connectivity index (χ4n) is 3.16. The van der Waals surface area contributed by atoms with E-state index in [0.29, 0.717) is 17.6 Å². The normalized spacial score (nSPS) is 27.6. The average molecular weight is 230 g/mol. The first-order valence-electron chi connectivity index (χ1n) is 6.56. The number of ketones is 1. The summed E-state index contributed by atoms with van der Waals surface area (Å²) in [6.45, 7) is 0.822. The van der Waals surface area contributed by atoms with Gasteiger partial charge in [-0.15, -0.1) is 0 Å². The van der Waals surface area contributed by atoms with E-state index in [1.165, 1.54) is 5.56 Å². The number of para-hydroxylation sites is 1. The van der Waals surface area contributed by atoms with Crippen molar-refractivity contribution in [3.05, 3.63) is 29.8 Å². The number of ether oxygens (including phenoxy) is 1. The van der Waals surface area contributed by atoms with Gasteiger partial charge in [0.1, 0.15) is 11.5 Å². The molecule has 1 aliphatic heterocycles. The first kappa shape index (κ1) is 10.8. The van der Waals surface area contributed by atoms with Crippen molar-refractivity contribution in [3.8, 4) is 5.75 Å². The Bertz CT molecular complexity index is 425. The third-order valence-electron chi connectivity index (χ3n) is 4.05. The van der Waals surface area contributed by atoms with Crippen LogP contribution in [0.5, 0.6) is 5.75 Å². The van der Waals surface area contributed by atoms with E-state index >= 15 is 0 Å². The summed E-state index contributed by atoms with van der Waals surface area (Å²) >= 11 is 0. The molecular formula is C15H18O2. The van der Waals surface area contributed by atoms with Crippen LogP contribution in [0.2, 0.25) is 0 Å². The van der Waals surface area contributed by atoms with Crippen molar-refractivity contribution in [2.24, 2.45) is 5.92 Å². The van der Waals surface area contributed by atoms with Gasteiger partial charge in [0, 0.05) is 12.8 Å². The molecule has 1 heterocycles. The van der Waals surface area contributed by atoms with Gasteiger partial charge in [0.05, 0.1) is 6.61 Å². The van der Waals surface area contributed by atoms with Crippen LogP contribution in [0.25, 0.3) is 0 Å². The summed E-state index contributed by atoms with van der Waals surface area (Å²) in [6, 6.07) is 8.35. The van der Waals surface area contributed by atoms with Crippen LogP contribution in [0.3, 0.4) is 0 Å². The molecular weight excluding hydrogens is 212 g/mol. The summed E-state index contributed by atoms with van der Waals surface area (Å²) in [5.41, 5.74) is 1.35. The van der Waals surface area contributed by atoms with Gasteiger partial charge in [0.2, 0.25) is 0 Å². The Morgan fingerprint density at radius 2 is 2.12 bits per heavy atom. The third kappa shape index (κ3) is 2.21. The van der Waals surface area contributed by atoms with E-state index in [-0.39, 0.29) is 0 Å². The van der Waals surface area contributed by atoms with Gasteiger partial charge in [-0.2, -0.15) is 0 Å². The first-order chi connectivity index (χ1) is 8.33. The van der Waals surface area contributed by atoms with E-state index in [4.69, 9.17) is 4.74 Å². The van der Waals surface area contributed by atoms with Gasteiger partial charge in [-0.25, -0.2) is 0 Å². The molecule has 90 valence electrons. The molecule has 0 amide bonds. The summed E-state index contributed by atoms with van der Waals surface area (Å²) in [7, 11) is 0. The quantitative estimate of drug-likeness (QED) is 0.779. The predicted octanol–water partition coefficient (Wildman–Crippen LogP) is 3.31. The highest BCUT2D eigenvalue weighted by molar-refractivity contribution is 5.80. The molecule has 0 spiro atoms. The number of carbonyl (C=O) groups excluding carboxylic acids is 1. The number of hydrogen-bond donors (Lipinski definition) is 0. The smallest absolute Gasteiger partial charge is 0.133 e. The van der Waals surface area contributed by atoms with Crippen molar-refractivity contribution >= 4 is 5.78 Å². The van der Waals surface area contributed by atoms with E-state index in [9.17, 15) is 4.79 Å². The predicted molar refractivity (Wildman–Crippen MR) is 66.3 cm³/mol. The first-order valence-corrected chi connectivity index (χ1v) is 6.56. The Labute approximate surface area is 102 Å². The van der Waals surface area contributed by atoms with E-state index < -0.39 is 0 Å². The molecule has 2 heteroatoms. The minimum Gasteiger partial charge on any atom is -0.493 e. The molecule has 0 saturated heterocycles. The van der Waals surface area contributed by atoms with Crippen LogP contribution in [0.1, 0.15) is 43.6 Å². The monoisotopic (exact) mass is 230 g/mol. The lowest BCUT2D eigenvalue weighted by Crippen LogP contribution is -2.16. The van der Waals surface area contributed by atoms with E-state index in [0.717, 1.165) is 44.5 Å². The zero-order valence-electron chi connectivity index (χ0n) is 10.0. The standard InChI is InChI=1S/C15H18O2/c16-13-6-5-11(10-13)9-12-7-8-17-15-4-2-1-3-14(12)15/h1-4,11-12H,5-10H2. The van der Waals surface area contributed by atoms with Crippen LogP contribution >= 0.6 is 0 Å². The van der Waals surface area contributed by atoms with Crippen molar-refractivity contribution < 1.29 is 9.53 Å². The second kappa shape index (κ2) is 4.52. The van der Waals surface area contributed by atoms with E-state index in [2.05, 4.69) is 18.2 Å². The van der Waals surface area contributed by atoms with Gasteiger partial charge in [0.25, 0.3) is 0 Å². The molecule has 0 N–H and O–H groups in total. The van der Waals surface area contributed by atoms with Crippen molar-refractivity contribution in [2.75, 3.05) is 6.61 Å². The molecule has 3 rings (SSSR count). The highest BCUT2D eigenvalue weighted by atomic mass is 16.5. The van der Waals surface area contributed by atoms with Crippen LogP contribution in [-0.2, 0) is 4.79 Å². The Hall–Kier alpha value is -1.31. The lowest BCUT2D eigenvalue weighted by atomic mass is 9.84. The van der Waals surface area contributed by atoms with Gasteiger partial charge in [0.15, 0.2) is 0 Å². The molecule has 0 bridgehead atoms. The van der Waals surface area contributed by atoms with Gasteiger partial charge in [-0.1, -0.05) is 18.2 Å². The molecule has 2 unspecified atom stereocenters. The van der Waals surface area contributed by atoms with Crippen LogP contribution in [-0.4, -0.2) is 12.4 Å². The van der Waals surface area contributed by atoms with Gasteiger partial charge < -0.3 is 4.74 Å². The topological polar surface area (TPSA) is 26.3 Å². The van der Waals surface area contributed by atoms with Crippen LogP contribution in [0.4, 0.5) is 0 Å². The number of fused-ring (bicyclic) bond motifs is 1. The minimum atomic E-state index is 0.454. The van der Waals surface area contributed by atoms with Crippen LogP contribution < -0.4 is 4.74 Å². The number of rotatable bonds is 2. The zero-order chi connectivity index (χ0) is 11.7. The maximum Gasteiger partial charge on any atom is 0.133 e. The SMILES string of the molecule is O=C1CCC(CC2CCOc3ccccc32)C1. The van der Waals surface area contributed by atoms with Gasteiger partial charge in [-0.3, -0.25) is 4.79 Å². The molecule has 2 nitrogen and oxygen atoms in total. The molecule has 2 aliphatic rings. The van der Waals surface area contributed by atoms with Crippen molar-refractivity contribution in [3.63, 3.8) is 0 Å². The summed E-state index contributed by atoms with van der Waals surface area (Å²) < 4.78 is 5.67. The van der Waals surface area contributed by atoms with Gasteiger partial charge in [-0.05, 0) is 42.7 Å². The van der Waals surface area contributed by atoms with Crippen molar-refractivity contribution in [2.45, 2.75) is 38.0 Å². The zero-order valence-corrected chi connectivity index (χ0v) is 10.0. The molecule has 1 aromatic carbocycles. The fraction of sp³-hybridized carbons (Fsp3) is 0.533. The molecule has 2 atom stereocenters. The van der Waals surface area contributed by atoms with E-state index in [1.54, 1.807) is 0 Å². The molecule has 17 heavy (non-hydrogen) atoms. The minimum absolute atomic E-state index is 0.454. The average Bonchev–Trinajstić information content (AvgIpc) is 2.75. The number of hydrogen-bond acceptors (Lipinski definition) is 2. The largest absolute Gasteiger partial charge is 0.493 e. The molecule has 0 aromatic heterocycles. The Kier molecular flexibility index (Phi) is 2.87. The van der Waals surface area contributed by atoms with Crippen LogP contribution in [0.15, 0.2) is 24.3 Å². The van der Waals surface area contributed by atoms with Crippen LogP contribution in [0, 0.1) is 5.92 Å².